The van der Waals surface area contributed by atoms with Gasteiger partial charge in [0.2, 0.25) is 0 Å². The van der Waals surface area contributed by atoms with E-state index in [0.29, 0.717) is 5.69 Å². The second-order valence-corrected chi connectivity index (χ2v) is 3.36. The molecule has 2 rings (SSSR count). The predicted octanol–water partition coefficient (Wildman–Crippen LogP) is 2.94. The topological polar surface area (TPSA) is 42.1 Å². The number of nitrogens with one attached hydrogen (secondary N) is 1. The number of aromatic nitrogens is 1. The molecule has 1 aromatic heterocycles. The van der Waals surface area contributed by atoms with Gasteiger partial charge in [-0.25, -0.2) is 4.79 Å². The molecule has 0 radical (unpaired) electrons. The maximum atomic E-state index is 11.3. The number of hydrogen-bond acceptors (Lipinski definition) is 2. The average Bonchev–Trinajstić information content (AvgIpc) is 2.56. The fraction of sp³-hybridized carbons (Fsp3) is 0.100. The Hall–Kier alpha value is -1.29. The fourth-order valence-corrected chi connectivity index (χ4v) is 1.69. The summed E-state index contributed by atoms with van der Waals surface area (Å²) in [7, 11) is 0. The van der Waals surface area contributed by atoms with Crippen molar-refractivity contribution < 1.29 is 8.62 Å². The lowest BCUT2D eigenvalue weighted by atomic mass is 10.1. The van der Waals surface area contributed by atoms with Gasteiger partial charge in [-0.2, -0.15) is 0 Å². The molecule has 1 N–H and O–H groups in total. The highest BCUT2D eigenvalue weighted by molar-refractivity contribution is 9.06. The van der Waals surface area contributed by atoms with E-state index in [1.165, 1.54) is 0 Å². The van der Waals surface area contributed by atoms with E-state index in [4.69, 9.17) is 0 Å². The van der Waals surface area contributed by atoms with Gasteiger partial charge in [-0.1, -0.05) is 18.2 Å². The zero-order valence-corrected chi connectivity index (χ0v) is 9.09. The molecule has 3 nitrogen and oxygen atoms in total. The van der Waals surface area contributed by atoms with Gasteiger partial charge in [0.1, 0.15) is 5.69 Å². The van der Waals surface area contributed by atoms with E-state index in [-0.39, 0.29) is 0 Å². The molecule has 4 heteroatoms. The Balaban J connectivity index is 2.68. The van der Waals surface area contributed by atoms with Crippen molar-refractivity contribution in [2.75, 3.05) is 0 Å². The summed E-state index contributed by atoms with van der Waals surface area (Å²) in [6, 6.07) is 7.74. The molecule has 0 aliphatic rings. The first-order chi connectivity index (χ1) is 6.74. The van der Waals surface area contributed by atoms with Crippen molar-refractivity contribution in [1.82, 2.24) is 4.98 Å². The van der Waals surface area contributed by atoms with Crippen LogP contribution in [-0.4, -0.2) is 11.0 Å². The van der Waals surface area contributed by atoms with Crippen LogP contribution in [0.3, 0.4) is 0 Å². The monoisotopic (exact) mass is 253 g/mol. The standard InChI is InChI=1S/C10H8BrNO2/c1-6-7-4-2-3-5-8(7)12-9(6)10(13)14-11/h2-5,12H,1H3. The number of benzene rings is 1. The molecule has 0 bridgehead atoms. The summed E-state index contributed by atoms with van der Waals surface area (Å²) in [5, 5.41) is 1.04. The molecule has 0 saturated carbocycles. The van der Waals surface area contributed by atoms with Crippen LogP contribution in [-0.2, 0) is 3.83 Å². The Labute approximate surface area is 89.5 Å². The van der Waals surface area contributed by atoms with Crippen LogP contribution < -0.4 is 0 Å². The van der Waals surface area contributed by atoms with E-state index >= 15 is 0 Å². The van der Waals surface area contributed by atoms with Gasteiger partial charge in [0.25, 0.3) is 0 Å². The Morgan fingerprint density at radius 2 is 2.14 bits per heavy atom. The quantitative estimate of drug-likeness (QED) is 0.850. The number of aryl methyl sites for hydroxylation is 1. The van der Waals surface area contributed by atoms with Crippen molar-refractivity contribution in [3.63, 3.8) is 0 Å². The van der Waals surface area contributed by atoms with Crippen molar-refractivity contribution in [3.8, 4) is 0 Å². The minimum absolute atomic E-state index is 0.404. The lowest BCUT2D eigenvalue weighted by Crippen LogP contribution is -1.99. The third-order valence-corrected chi connectivity index (χ3v) is 2.53. The van der Waals surface area contributed by atoms with Crippen LogP contribution in [0.2, 0.25) is 0 Å². The van der Waals surface area contributed by atoms with Crippen LogP contribution in [0.1, 0.15) is 16.1 Å². The molecule has 0 aliphatic carbocycles. The lowest BCUT2D eigenvalue weighted by Gasteiger charge is -1.93. The molecule has 0 unspecified atom stereocenters. The second kappa shape index (κ2) is 3.46. The molecule has 0 aliphatic heterocycles. The first-order valence-corrected chi connectivity index (χ1v) is 4.79. The Morgan fingerprint density at radius 3 is 2.79 bits per heavy atom. The van der Waals surface area contributed by atoms with Crippen molar-refractivity contribution in [2.24, 2.45) is 0 Å². The van der Waals surface area contributed by atoms with Crippen LogP contribution in [0.15, 0.2) is 24.3 Å². The minimum Gasteiger partial charge on any atom is -0.379 e. The maximum absolute atomic E-state index is 11.3. The summed E-state index contributed by atoms with van der Waals surface area (Å²) in [5.74, 6) is -0.404. The molecular weight excluding hydrogens is 246 g/mol. The third kappa shape index (κ3) is 1.32. The normalized spacial score (nSPS) is 10.4. The lowest BCUT2D eigenvalue weighted by molar-refractivity contribution is 0.0776. The summed E-state index contributed by atoms with van der Waals surface area (Å²) in [5.41, 5.74) is 2.34. The zero-order chi connectivity index (χ0) is 10.1. The average molecular weight is 254 g/mol. The number of H-pyrrole nitrogens is 1. The number of fused-ring (bicyclic) bond motifs is 1. The number of aromatic amines is 1. The molecule has 1 heterocycles. The second-order valence-electron chi connectivity index (χ2n) is 3.04. The van der Waals surface area contributed by atoms with Crippen LogP contribution in [0.25, 0.3) is 10.9 Å². The molecular formula is C10H8BrNO2. The number of carbonyl (C=O) groups excluding carboxylic acids is 1. The Kier molecular flexibility index (Phi) is 2.29. The summed E-state index contributed by atoms with van der Waals surface area (Å²) in [6.07, 6.45) is 0. The summed E-state index contributed by atoms with van der Waals surface area (Å²) in [4.78, 5) is 14.3. The summed E-state index contributed by atoms with van der Waals surface area (Å²) >= 11 is 2.67. The molecule has 1 aromatic carbocycles. The molecule has 0 atom stereocenters. The van der Waals surface area contributed by atoms with Crippen LogP contribution in [0.4, 0.5) is 0 Å². The van der Waals surface area contributed by atoms with Gasteiger partial charge < -0.3 is 8.81 Å². The number of rotatable bonds is 1. The van der Waals surface area contributed by atoms with Gasteiger partial charge in [-0.05, 0) is 18.6 Å². The van der Waals surface area contributed by atoms with E-state index in [1.54, 1.807) is 0 Å². The van der Waals surface area contributed by atoms with E-state index in [0.717, 1.165) is 16.5 Å². The summed E-state index contributed by atoms with van der Waals surface area (Å²) < 4.78 is 4.49. The molecule has 0 saturated heterocycles. The van der Waals surface area contributed by atoms with Crippen molar-refractivity contribution >= 4 is 33.1 Å². The number of para-hydroxylation sites is 1. The Bertz CT molecular complexity index is 490. The van der Waals surface area contributed by atoms with Gasteiger partial charge in [0.05, 0.1) is 0 Å². The number of halogens is 1. The predicted molar refractivity (Wildman–Crippen MR) is 57.4 cm³/mol. The molecule has 0 fully saturated rings. The van der Waals surface area contributed by atoms with E-state index in [2.05, 4.69) is 25.1 Å². The van der Waals surface area contributed by atoms with Crippen molar-refractivity contribution in [2.45, 2.75) is 6.92 Å². The highest BCUT2D eigenvalue weighted by Crippen LogP contribution is 2.22. The molecule has 2 aromatic rings. The number of hydrogen-bond donors (Lipinski definition) is 1. The third-order valence-electron chi connectivity index (χ3n) is 2.24. The number of carbonyl (C=O) groups is 1. The minimum atomic E-state index is -0.404. The van der Waals surface area contributed by atoms with Crippen LogP contribution in [0, 0.1) is 6.92 Å². The Morgan fingerprint density at radius 1 is 1.43 bits per heavy atom. The smallest absolute Gasteiger partial charge is 0.366 e. The van der Waals surface area contributed by atoms with Crippen LogP contribution >= 0.6 is 16.3 Å². The van der Waals surface area contributed by atoms with Crippen molar-refractivity contribution in [3.05, 3.63) is 35.5 Å². The van der Waals surface area contributed by atoms with Gasteiger partial charge in [-0.3, -0.25) is 0 Å². The van der Waals surface area contributed by atoms with Crippen molar-refractivity contribution in [1.29, 1.82) is 0 Å². The largest absolute Gasteiger partial charge is 0.379 e. The van der Waals surface area contributed by atoms with Gasteiger partial charge in [0.15, 0.2) is 16.3 Å². The van der Waals surface area contributed by atoms with Gasteiger partial charge in [-0.15, -0.1) is 0 Å². The first-order valence-electron chi connectivity index (χ1n) is 4.14. The highest BCUT2D eigenvalue weighted by Gasteiger charge is 2.14. The molecule has 14 heavy (non-hydrogen) atoms. The SMILES string of the molecule is Cc1c(C(=O)OBr)[nH]c2ccccc12. The van der Waals surface area contributed by atoms with E-state index in [1.807, 2.05) is 31.2 Å². The molecule has 72 valence electrons. The maximum Gasteiger partial charge on any atom is 0.366 e. The van der Waals surface area contributed by atoms with Gasteiger partial charge in [0, 0.05) is 10.9 Å². The molecule has 0 spiro atoms. The highest BCUT2D eigenvalue weighted by atomic mass is 79.9. The first kappa shape index (κ1) is 9.27. The van der Waals surface area contributed by atoms with Gasteiger partial charge >= 0.3 is 5.97 Å². The fourth-order valence-electron chi connectivity index (χ4n) is 1.52. The zero-order valence-electron chi connectivity index (χ0n) is 7.50. The van der Waals surface area contributed by atoms with Crippen LogP contribution in [0.5, 0.6) is 0 Å². The molecule has 0 amide bonds. The summed E-state index contributed by atoms with van der Waals surface area (Å²) in [6.45, 7) is 1.89. The van der Waals surface area contributed by atoms with E-state index < -0.39 is 5.97 Å². The van der Waals surface area contributed by atoms with E-state index in [9.17, 15) is 4.79 Å².